The number of benzene rings is 5. The van der Waals surface area contributed by atoms with Crippen LogP contribution in [0.15, 0.2) is 151 Å². The molecule has 2 nitrogen and oxygen atoms in total. The Bertz CT molecular complexity index is 2140. The van der Waals surface area contributed by atoms with E-state index in [1.54, 1.807) is 0 Å². The summed E-state index contributed by atoms with van der Waals surface area (Å²) in [6, 6.07) is 37.8. The Morgan fingerprint density at radius 1 is 0.702 bits per heavy atom. The quantitative estimate of drug-likeness (QED) is 0.125. The van der Waals surface area contributed by atoms with Gasteiger partial charge in [0.25, 0.3) is 0 Å². The lowest BCUT2D eigenvalue weighted by molar-refractivity contribution is -0.437. The van der Waals surface area contributed by atoms with Crippen molar-refractivity contribution in [2.24, 2.45) is 0 Å². The molecule has 5 aromatic carbocycles. The summed E-state index contributed by atoms with van der Waals surface area (Å²) in [6.07, 6.45) is 17.5. The van der Waals surface area contributed by atoms with Crippen LogP contribution in [0.25, 0.3) is 21.5 Å². The standard InChI is InChI=1S/C45H45N2/c1-6-30-47-39-23-17-16-22-38(39)44(2,3)41(47)24-10-8-7-9-11-25-42-45(4,32-33-26-27-34-18-12-13-20-36(34)31-33)43-37-21-15-14-19-35(37)28-29-40(43)46(42)5/h7-29,31H,6,30,32H2,1-5H3/q+1. The first-order valence-corrected chi connectivity index (χ1v) is 17.0. The van der Waals surface area contributed by atoms with Gasteiger partial charge in [-0.15, -0.1) is 0 Å². The third kappa shape index (κ3) is 5.36. The van der Waals surface area contributed by atoms with Gasteiger partial charge in [0.05, 0.1) is 5.41 Å². The Balaban J connectivity index is 1.19. The zero-order chi connectivity index (χ0) is 32.6. The van der Waals surface area contributed by atoms with Crippen molar-refractivity contribution >= 4 is 38.6 Å². The lowest BCUT2D eigenvalue weighted by Crippen LogP contribution is -2.29. The lowest BCUT2D eigenvalue weighted by Gasteiger charge is -2.29. The zero-order valence-corrected chi connectivity index (χ0v) is 28.4. The first kappa shape index (κ1) is 30.7. The third-order valence-corrected chi connectivity index (χ3v) is 10.3. The molecule has 0 saturated heterocycles. The number of para-hydroxylation sites is 1. The molecule has 2 aliphatic heterocycles. The first-order chi connectivity index (χ1) is 22.8. The molecule has 47 heavy (non-hydrogen) atoms. The van der Waals surface area contributed by atoms with Crippen LogP contribution in [0, 0.1) is 0 Å². The number of rotatable bonds is 8. The van der Waals surface area contributed by atoms with Gasteiger partial charge >= 0.3 is 0 Å². The van der Waals surface area contributed by atoms with E-state index in [1.165, 1.54) is 61.0 Å². The van der Waals surface area contributed by atoms with Crippen molar-refractivity contribution in [1.29, 1.82) is 0 Å². The Morgan fingerprint density at radius 2 is 1.38 bits per heavy atom. The number of nitrogens with zero attached hydrogens (tertiary/aromatic N) is 2. The van der Waals surface area contributed by atoms with E-state index in [-0.39, 0.29) is 10.8 Å². The first-order valence-electron chi connectivity index (χ1n) is 17.0. The van der Waals surface area contributed by atoms with E-state index in [0.29, 0.717) is 0 Å². The molecule has 0 saturated carbocycles. The van der Waals surface area contributed by atoms with E-state index in [0.717, 1.165) is 19.4 Å². The van der Waals surface area contributed by atoms with E-state index >= 15 is 0 Å². The summed E-state index contributed by atoms with van der Waals surface area (Å²) in [6.45, 7) is 10.4. The molecule has 1 atom stereocenters. The SMILES string of the molecule is CCC[N+]1=C(/C=C/C=C/C=C/C=C2/N(C)c3ccc4ccccc4c3C2(C)Cc2ccc3ccccc3c2)C(C)(C)c2ccccc21. The molecule has 0 spiro atoms. The van der Waals surface area contributed by atoms with Gasteiger partial charge in [0.2, 0.25) is 5.69 Å². The molecule has 234 valence electrons. The van der Waals surface area contributed by atoms with Gasteiger partial charge in [0.1, 0.15) is 6.54 Å². The van der Waals surface area contributed by atoms with Crippen molar-refractivity contribution in [3.05, 3.63) is 168 Å². The Kier molecular flexibility index (Phi) is 8.06. The summed E-state index contributed by atoms with van der Waals surface area (Å²) in [5.74, 6) is 0. The largest absolute Gasteiger partial charge is 0.347 e. The normalized spacial score (nSPS) is 19.8. The molecule has 2 heteroatoms. The maximum Gasteiger partial charge on any atom is 0.209 e. The summed E-state index contributed by atoms with van der Waals surface area (Å²) >= 11 is 0. The number of anilines is 1. The maximum atomic E-state index is 2.49. The van der Waals surface area contributed by atoms with Gasteiger partial charge in [-0.3, -0.25) is 0 Å². The number of hydrogen-bond acceptors (Lipinski definition) is 1. The molecule has 0 amide bonds. The van der Waals surface area contributed by atoms with Crippen LogP contribution in [0.2, 0.25) is 0 Å². The second kappa shape index (κ2) is 12.3. The fourth-order valence-corrected chi connectivity index (χ4v) is 8.07. The van der Waals surface area contributed by atoms with Gasteiger partial charge < -0.3 is 4.90 Å². The van der Waals surface area contributed by atoms with E-state index in [2.05, 4.69) is 190 Å². The average molecular weight is 614 g/mol. The highest BCUT2D eigenvalue weighted by atomic mass is 15.2. The minimum absolute atomic E-state index is 0.0158. The highest BCUT2D eigenvalue weighted by molar-refractivity contribution is 6.03. The summed E-state index contributed by atoms with van der Waals surface area (Å²) in [4.78, 5) is 2.40. The van der Waals surface area contributed by atoms with Gasteiger partial charge in [-0.1, -0.05) is 128 Å². The number of hydrogen-bond donors (Lipinski definition) is 0. The predicted molar refractivity (Wildman–Crippen MR) is 202 cm³/mol. The van der Waals surface area contributed by atoms with E-state index in [4.69, 9.17) is 0 Å². The van der Waals surface area contributed by atoms with Gasteiger partial charge in [-0.25, -0.2) is 0 Å². The molecule has 0 aromatic heterocycles. The molecular weight excluding hydrogens is 569 g/mol. The summed E-state index contributed by atoms with van der Waals surface area (Å²) < 4.78 is 2.49. The van der Waals surface area contributed by atoms with Gasteiger partial charge in [-0.05, 0) is 72.0 Å². The van der Waals surface area contributed by atoms with Gasteiger partial charge in [-0.2, -0.15) is 4.58 Å². The van der Waals surface area contributed by atoms with Crippen LogP contribution in [0.4, 0.5) is 11.4 Å². The van der Waals surface area contributed by atoms with Crippen LogP contribution in [0.5, 0.6) is 0 Å². The molecule has 5 aromatic rings. The molecule has 0 aliphatic carbocycles. The van der Waals surface area contributed by atoms with Crippen LogP contribution in [-0.4, -0.2) is 23.9 Å². The molecule has 2 heterocycles. The maximum absolute atomic E-state index is 2.49. The molecule has 0 radical (unpaired) electrons. The number of fused-ring (bicyclic) bond motifs is 5. The third-order valence-electron chi connectivity index (χ3n) is 10.3. The Labute approximate surface area is 280 Å². The number of allylic oxidation sites excluding steroid dienone is 8. The van der Waals surface area contributed by atoms with E-state index < -0.39 is 0 Å². The average Bonchev–Trinajstić information content (AvgIpc) is 3.43. The monoisotopic (exact) mass is 613 g/mol. The second-order valence-corrected chi connectivity index (χ2v) is 13.8. The van der Waals surface area contributed by atoms with E-state index in [1.807, 2.05) is 0 Å². The molecule has 1 unspecified atom stereocenters. The van der Waals surface area contributed by atoms with Crippen LogP contribution in [0.3, 0.4) is 0 Å². The van der Waals surface area contributed by atoms with Crippen LogP contribution < -0.4 is 4.90 Å². The van der Waals surface area contributed by atoms with Crippen molar-refractivity contribution in [2.75, 3.05) is 18.5 Å². The minimum Gasteiger partial charge on any atom is -0.347 e. The fourth-order valence-electron chi connectivity index (χ4n) is 8.07. The van der Waals surface area contributed by atoms with Crippen LogP contribution >= 0.6 is 0 Å². The Morgan fingerprint density at radius 3 is 2.21 bits per heavy atom. The minimum atomic E-state index is -0.191. The summed E-state index contributed by atoms with van der Waals surface area (Å²) in [5.41, 5.74) is 9.28. The van der Waals surface area contributed by atoms with E-state index in [9.17, 15) is 0 Å². The molecule has 0 fully saturated rings. The van der Waals surface area contributed by atoms with Crippen molar-refractivity contribution in [3.63, 3.8) is 0 Å². The highest BCUT2D eigenvalue weighted by Gasteiger charge is 2.44. The summed E-state index contributed by atoms with van der Waals surface area (Å²) in [7, 11) is 2.22. The number of likely N-dealkylation sites (N-methyl/N-ethyl adjacent to an activating group) is 1. The molecule has 0 bridgehead atoms. The van der Waals surface area contributed by atoms with Gasteiger partial charge in [0.15, 0.2) is 5.71 Å². The highest BCUT2D eigenvalue weighted by Crippen LogP contribution is 2.52. The second-order valence-electron chi connectivity index (χ2n) is 13.8. The topological polar surface area (TPSA) is 6.25 Å². The van der Waals surface area contributed by atoms with Crippen LogP contribution in [-0.2, 0) is 17.3 Å². The summed E-state index contributed by atoms with van der Waals surface area (Å²) in [5, 5.41) is 5.21. The Hall–Kier alpha value is -4.95. The lowest BCUT2D eigenvalue weighted by atomic mass is 9.74. The van der Waals surface area contributed by atoms with Crippen molar-refractivity contribution in [2.45, 2.75) is 51.4 Å². The van der Waals surface area contributed by atoms with Crippen molar-refractivity contribution in [1.82, 2.24) is 0 Å². The van der Waals surface area contributed by atoms with Gasteiger partial charge in [0, 0.05) is 48.0 Å². The molecule has 0 N–H and O–H groups in total. The van der Waals surface area contributed by atoms with Crippen LogP contribution in [0.1, 0.15) is 50.8 Å². The molecule has 2 aliphatic rings. The smallest absolute Gasteiger partial charge is 0.209 e. The van der Waals surface area contributed by atoms with Crippen molar-refractivity contribution in [3.8, 4) is 0 Å². The zero-order valence-electron chi connectivity index (χ0n) is 28.4. The molecule has 7 rings (SSSR count). The van der Waals surface area contributed by atoms with Crippen molar-refractivity contribution < 1.29 is 4.58 Å². The molecular formula is C45H45N2+. The fraction of sp³-hybridized carbons (Fsp3) is 0.222. The predicted octanol–water partition coefficient (Wildman–Crippen LogP) is 11.0.